The number of esters is 1. The molecule has 1 amide bonds. The molecule has 0 unspecified atom stereocenters. The molecule has 0 aliphatic carbocycles. The molecule has 3 aromatic rings. The number of hydrogen-bond acceptors (Lipinski definition) is 7. The predicted octanol–water partition coefficient (Wildman–Crippen LogP) is 4.10. The van der Waals surface area contributed by atoms with Gasteiger partial charge in [-0.05, 0) is 31.9 Å². The lowest BCUT2D eigenvalue weighted by Crippen LogP contribution is -2.41. The molecule has 2 aliphatic heterocycles. The first kappa shape index (κ1) is 27.6. The summed E-state index contributed by atoms with van der Waals surface area (Å²) in [7, 11) is 1.56. The number of carbonyl (C=O) groups excluding carboxylic acids is 2. The van der Waals surface area contributed by atoms with E-state index >= 15 is 0 Å². The summed E-state index contributed by atoms with van der Waals surface area (Å²) in [5.41, 5.74) is 3.11. The average Bonchev–Trinajstić information content (AvgIpc) is 3.43. The van der Waals surface area contributed by atoms with E-state index in [9.17, 15) is 14.4 Å². The zero-order valence-corrected chi connectivity index (χ0v) is 24.0. The Kier molecular flexibility index (Phi) is 8.02. The van der Waals surface area contributed by atoms with Crippen molar-refractivity contribution in [3.8, 4) is 5.75 Å². The molecule has 0 radical (unpaired) electrons. The summed E-state index contributed by atoms with van der Waals surface area (Å²) in [5.74, 6) is -0.165. The first-order valence-electron chi connectivity index (χ1n) is 13.7. The molecule has 2 aliphatic rings. The van der Waals surface area contributed by atoms with Crippen LogP contribution in [0.4, 0.5) is 5.69 Å². The lowest BCUT2D eigenvalue weighted by atomic mass is 9.93. The molecule has 0 saturated carbocycles. The van der Waals surface area contributed by atoms with Crippen LogP contribution in [0.15, 0.2) is 69.6 Å². The van der Waals surface area contributed by atoms with Gasteiger partial charge in [-0.1, -0.05) is 74.4 Å². The van der Waals surface area contributed by atoms with E-state index in [-0.39, 0.29) is 18.1 Å². The monoisotopic (exact) mass is 559 g/mol. The Bertz CT molecular complexity index is 1680. The number of thiazole rings is 1. The van der Waals surface area contributed by atoms with E-state index in [4.69, 9.17) is 14.5 Å². The Morgan fingerprint density at radius 1 is 1.02 bits per heavy atom. The number of carbonyl (C=O) groups is 2. The van der Waals surface area contributed by atoms with Gasteiger partial charge in [-0.3, -0.25) is 14.2 Å². The minimum atomic E-state index is -0.815. The SMILES string of the molecule is CCCCN1C(=O)/C(=c2/sc3n(c2=O)[C@H](c2ccccc2OC)C(C(=O)OCC)=C(CCC)N=3)c2ccccc21. The highest BCUT2D eigenvalue weighted by atomic mass is 32.1. The van der Waals surface area contributed by atoms with Crippen LogP contribution in [0, 0.1) is 0 Å². The van der Waals surface area contributed by atoms with E-state index in [1.54, 1.807) is 25.0 Å². The normalized spacial score (nSPS) is 17.4. The molecular formula is C31H33N3O5S. The molecule has 0 spiro atoms. The van der Waals surface area contributed by atoms with Crippen molar-refractivity contribution in [1.82, 2.24) is 4.57 Å². The summed E-state index contributed by atoms with van der Waals surface area (Å²) in [5, 5.41) is 0. The Labute approximate surface area is 236 Å². The number of unbranched alkanes of at least 4 members (excludes halogenated alkanes) is 1. The van der Waals surface area contributed by atoms with Gasteiger partial charge in [0.25, 0.3) is 11.5 Å². The highest BCUT2D eigenvalue weighted by molar-refractivity contribution is 7.07. The average molecular weight is 560 g/mol. The highest BCUT2D eigenvalue weighted by Gasteiger charge is 2.38. The van der Waals surface area contributed by atoms with Crippen molar-refractivity contribution in [3.05, 3.63) is 90.6 Å². The van der Waals surface area contributed by atoms with Crippen LogP contribution in [0.25, 0.3) is 5.57 Å². The Balaban J connectivity index is 1.84. The van der Waals surface area contributed by atoms with Gasteiger partial charge in [-0.15, -0.1) is 0 Å². The number of rotatable bonds is 9. The molecule has 1 atom stereocenters. The third-order valence-corrected chi connectivity index (χ3v) is 8.24. The molecule has 0 saturated heterocycles. The summed E-state index contributed by atoms with van der Waals surface area (Å²) in [6, 6.07) is 14.1. The number of nitrogens with zero attached hydrogens (tertiary/aromatic N) is 3. The Morgan fingerprint density at radius 2 is 1.77 bits per heavy atom. The fourth-order valence-electron chi connectivity index (χ4n) is 5.40. The maximum atomic E-state index is 14.4. The molecule has 3 heterocycles. The number of amides is 1. The number of hydrogen-bond donors (Lipinski definition) is 0. The van der Waals surface area contributed by atoms with E-state index in [1.807, 2.05) is 49.4 Å². The summed E-state index contributed by atoms with van der Waals surface area (Å²) < 4.78 is 13.0. The van der Waals surface area contributed by atoms with E-state index in [0.717, 1.165) is 30.5 Å². The minimum Gasteiger partial charge on any atom is -0.496 e. The van der Waals surface area contributed by atoms with E-state index < -0.39 is 12.0 Å². The van der Waals surface area contributed by atoms with Gasteiger partial charge in [0.1, 0.15) is 16.3 Å². The standard InChI is InChI=1S/C31H33N3O5S/c1-5-8-18-33-22-16-11-9-14-19(22)24(28(33)35)27-29(36)34-26(20-15-10-12-17-23(20)38-4)25(30(37)39-7-3)21(13-6-2)32-31(34)40-27/h9-12,14-17,26H,5-8,13,18H2,1-4H3/b27-24+/t26-/m1/s1. The van der Waals surface area contributed by atoms with Gasteiger partial charge in [0.05, 0.1) is 36.2 Å². The fourth-order valence-corrected chi connectivity index (χ4v) is 6.51. The smallest absolute Gasteiger partial charge is 0.338 e. The summed E-state index contributed by atoms with van der Waals surface area (Å²) in [6.45, 7) is 6.61. The second kappa shape index (κ2) is 11.6. The number of ether oxygens (including phenoxy) is 2. The van der Waals surface area contributed by atoms with Crippen LogP contribution >= 0.6 is 11.3 Å². The maximum Gasteiger partial charge on any atom is 0.338 e. The third kappa shape index (κ3) is 4.58. The molecule has 9 heteroatoms. The second-order valence-electron chi connectivity index (χ2n) is 9.68. The molecule has 8 nitrogen and oxygen atoms in total. The maximum absolute atomic E-state index is 14.4. The van der Waals surface area contributed by atoms with Gasteiger partial charge >= 0.3 is 5.97 Å². The van der Waals surface area contributed by atoms with Gasteiger partial charge in [0.15, 0.2) is 4.80 Å². The van der Waals surface area contributed by atoms with Crippen molar-refractivity contribution in [1.29, 1.82) is 0 Å². The Hall–Kier alpha value is -3.98. The number of allylic oxidation sites excluding steroid dienone is 1. The van der Waals surface area contributed by atoms with Crippen LogP contribution in [0.5, 0.6) is 5.75 Å². The molecule has 2 aromatic carbocycles. The third-order valence-electron chi connectivity index (χ3n) is 7.19. The van der Waals surface area contributed by atoms with Crippen molar-refractivity contribution in [3.63, 3.8) is 0 Å². The minimum absolute atomic E-state index is 0.188. The lowest BCUT2D eigenvalue weighted by Gasteiger charge is -2.26. The van der Waals surface area contributed by atoms with Crippen molar-refractivity contribution in [2.24, 2.45) is 4.99 Å². The second-order valence-corrected chi connectivity index (χ2v) is 10.7. The molecule has 5 rings (SSSR count). The van der Waals surface area contributed by atoms with Crippen LogP contribution in [-0.2, 0) is 14.3 Å². The summed E-state index contributed by atoms with van der Waals surface area (Å²) in [4.78, 5) is 48.7. The van der Waals surface area contributed by atoms with Crippen LogP contribution in [0.3, 0.4) is 0 Å². The molecule has 208 valence electrons. The highest BCUT2D eigenvalue weighted by Crippen LogP contribution is 2.38. The first-order chi connectivity index (χ1) is 19.5. The number of methoxy groups -OCH3 is 1. The van der Waals surface area contributed by atoms with E-state index in [1.165, 1.54) is 15.9 Å². The number of aromatic nitrogens is 1. The topological polar surface area (TPSA) is 90.2 Å². The molecule has 1 aromatic heterocycles. The zero-order chi connectivity index (χ0) is 28.4. The van der Waals surface area contributed by atoms with Crippen molar-refractivity contribution in [2.45, 2.75) is 52.5 Å². The van der Waals surface area contributed by atoms with Crippen molar-refractivity contribution >= 4 is 34.5 Å². The largest absolute Gasteiger partial charge is 0.496 e. The van der Waals surface area contributed by atoms with Gasteiger partial charge in [-0.25, -0.2) is 9.79 Å². The predicted molar refractivity (Wildman–Crippen MR) is 155 cm³/mol. The number of para-hydroxylation sites is 2. The van der Waals surface area contributed by atoms with E-state index in [0.29, 0.717) is 50.5 Å². The van der Waals surface area contributed by atoms with Crippen LogP contribution < -0.4 is 24.5 Å². The van der Waals surface area contributed by atoms with Gasteiger partial charge in [0.2, 0.25) is 0 Å². The van der Waals surface area contributed by atoms with Crippen LogP contribution in [-0.4, -0.2) is 36.7 Å². The fraction of sp³-hybridized carbons (Fsp3) is 0.355. The van der Waals surface area contributed by atoms with E-state index in [2.05, 4.69) is 6.92 Å². The van der Waals surface area contributed by atoms with Gasteiger partial charge in [0, 0.05) is 17.7 Å². The van der Waals surface area contributed by atoms with Crippen molar-refractivity contribution < 1.29 is 19.1 Å². The Morgan fingerprint density at radius 3 is 2.50 bits per heavy atom. The number of fused-ring (bicyclic) bond motifs is 2. The molecule has 40 heavy (non-hydrogen) atoms. The van der Waals surface area contributed by atoms with Crippen LogP contribution in [0.1, 0.15) is 63.6 Å². The molecule has 0 N–H and O–H groups in total. The molecule has 0 bridgehead atoms. The number of benzene rings is 2. The molecule has 0 fully saturated rings. The molecular weight excluding hydrogens is 526 g/mol. The lowest BCUT2D eigenvalue weighted by molar-refractivity contribution is -0.139. The van der Waals surface area contributed by atoms with Gasteiger partial charge in [-0.2, -0.15) is 0 Å². The zero-order valence-electron chi connectivity index (χ0n) is 23.2. The summed E-state index contributed by atoms with van der Waals surface area (Å²) >= 11 is 1.19. The van der Waals surface area contributed by atoms with Gasteiger partial charge < -0.3 is 14.4 Å². The summed E-state index contributed by atoms with van der Waals surface area (Å²) in [6.07, 6.45) is 3.08. The number of anilines is 1. The van der Waals surface area contributed by atoms with Crippen LogP contribution in [0.2, 0.25) is 0 Å². The first-order valence-corrected chi connectivity index (χ1v) is 14.6. The van der Waals surface area contributed by atoms with Crippen molar-refractivity contribution in [2.75, 3.05) is 25.2 Å². The quantitative estimate of drug-likeness (QED) is 0.368.